The topological polar surface area (TPSA) is 122 Å². The van der Waals surface area contributed by atoms with Crippen molar-refractivity contribution in [3.05, 3.63) is 46.5 Å². The number of fused-ring (bicyclic) bond motifs is 1. The van der Waals surface area contributed by atoms with Crippen LogP contribution in [0.5, 0.6) is 11.9 Å². The van der Waals surface area contributed by atoms with E-state index in [1.165, 1.54) is 18.4 Å². The summed E-state index contributed by atoms with van der Waals surface area (Å²) < 4.78 is 10.4. The number of nitrogens with one attached hydrogen (secondary N) is 2. The number of nitrogens with zero attached hydrogens (tertiary/aromatic N) is 4. The third kappa shape index (κ3) is 5.98. The van der Waals surface area contributed by atoms with Crippen LogP contribution in [0, 0.1) is 5.92 Å². The molecule has 0 radical (unpaired) electrons. The van der Waals surface area contributed by atoms with E-state index in [1.54, 1.807) is 19.2 Å². The Morgan fingerprint density at radius 2 is 1.97 bits per heavy atom. The summed E-state index contributed by atoms with van der Waals surface area (Å²) >= 11 is 1.43. The normalized spacial score (nSPS) is 13.8. The Bertz CT molecular complexity index is 1160. The Morgan fingerprint density at radius 3 is 2.71 bits per heavy atom. The van der Waals surface area contributed by atoms with Gasteiger partial charge in [0.25, 0.3) is 0 Å². The fourth-order valence-electron chi connectivity index (χ4n) is 3.92. The summed E-state index contributed by atoms with van der Waals surface area (Å²) in [5, 5.41) is 16.8. The largest absolute Gasteiger partial charge is 0.481 e. The molecule has 1 atom stereocenters. The van der Waals surface area contributed by atoms with Gasteiger partial charge in [0, 0.05) is 35.2 Å². The molecular weight excluding hydrogens is 468 g/mol. The van der Waals surface area contributed by atoms with Crippen LogP contribution < -0.4 is 25.0 Å². The van der Waals surface area contributed by atoms with Crippen LogP contribution in [-0.2, 0) is 13.0 Å². The maximum atomic E-state index is 12.7. The number of thiazole rings is 1. The van der Waals surface area contributed by atoms with Gasteiger partial charge in [-0.2, -0.15) is 9.97 Å². The first-order chi connectivity index (χ1) is 16.9. The number of hydrogen-bond donors (Lipinski definition) is 3. The molecular formula is C24H30N6O4S. The van der Waals surface area contributed by atoms with E-state index in [-0.39, 0.29) is 6.01 Å². The number of para-hydroxylation sites is 1. The number of amides is 2. The van der Waals surface area contributed by atoms with Crippen LogP contribution >= 0.6 is 11.3 Å². The summed E-state index contributed by atoms with van der Waals surface area (Å²) in [6, 6.07) is 8.91. The van der Waals surface area contributed by atoms with Crippen molar-refractivity contribution in [2.24, 2.45) is 5.92 Å². The van der Waals surface area contributed by atoms with Gasteiger partial charge in [0.1, 0.15) is 5.82 Å². The molecule has 0 bridgehead atoms. The SMILES string of the molecule is COc1cc(N2CCc3nc(NC(=O)Nc4ccccc4C(O)CC(C)C)sc3C2)nc(OC)n1. The molecule has 3 aromatic rings. The van der Waals surface area contributed by atoms with Crippen LogP contribution in [0.3, 0.4) is 0 Å². The highest BCUT2D eigenvalue weighted by Gasteiger charge is 2.24. The van der Waals surface area contributed by atoms with Gasteiger partial charge in [-0.15, -0.1) is 0 Å². The minimum Gasteiger partial charge on any atom is -0.481 e. The van der Waals surface area contributed by atoms with E-state index in [9.17, 15) is 9.90 Å². The number of carbonyl (C=O) groups excluding carboxylic acids is 1. The molecule has 186 valence electrons. The van der Waals surface area contributed by atoms with Crippen LogP contribution in [0.25, 0.3) is 0 Å². The number of aliphatic hydroxyl groups is 1. The standard InChI is InChI=1S/C24H30N6O4S/c1-14(2)11-18(31)15-7-5-6-8-16(15)25-22(32)29-24-26-17-9-10-30(13-19(17)35-24)20-12-21(33-3)28-23(27-20)34-4/h5-8,12,14,18,31H,9-11,13H2,1-4H3,(H2,25,26,29,32). The molecule has 35 heavy (non-hydrogen) atoms. The van der Waals surface area contributed by atoms with Gasteiger partial charge in [-0.25, -0.2) is 9.78 Å². The lowest BCUT2D eigenvalue weighted by Gasteiger charge is -2.27. The third-order valence-electron chi connectivity index (χ3n) is 5.60. The minimum absolute atomic E-state index is 0.243. The highest BCUT2D eigenvalue weighted by Crippen LogP contribution is 2.32. The van der Waals surface area contributed by atoms with Gasteiger partial charge in [-0.3, -0.25) is 5.32 Å². The van der Waals surface area contributed by atoms with Crippen molar-refractivity contribution in [3.63, 3.8) is 0 Å². The number of anilines is 3. The molecule has 0 fully saturated rings. The Balaban J connectivity index is 1.43. The van der Waals surface area contributed by atoms with Crippen molar-refractivity contribution < 1.29 is 19.4 Å². The van der Waals surface area contributed by atoms with Crippen LogP contribution in [0.1, 0.15) is 42.5 Å². The molecule has 3 heterocycles. The number of aromatic nitrogens is 3. The Labute approximate surface area is 208 Å². The monoisotopic (exact) mass is 498 g/mol. The molecule has 2 amide bonds. The van der Waals surface area contributed by atoms with Gasteiger partial charge >= 0.3 is 12.0 Å². The summed E-state index contributed by atoms with van der Waals surface area (Å²) in [5.74, 6) is 1.47. The predicted octanol–water partition coefficient (Wildman–Crippen LogP) is 4.24. The zero-order valence-corrected chi connectivity index (χ0v) is 21.1. The Morgan fingerprint density at radius 1 is 1.17 bits per heavy atom. The molecule has 3 N–H and O–H groups in total. The quantitative estimate of drug-likeness (QED) is 0.422. The summed E-state index contributed by atoms with van der Waals surface area (Å²) in [7, 11) is 3.07. The average molecular weight is 499 g/mol. The minimum atomic E-state index is -0.649. The van der Waals surface area contributed by atoms with Crippen LogP contribution in [0.15, 0.2) is 30.3 Å². The van der Waals surface area contributed by atoms with Crippen LogP contribution in [0.4, 0.5) is 21.4 Å². The fraction of sp³-hybridized carbons (Fsp3) is 0.417. The molecule has 11 heteroatoms. The van der Waals surface area contributed by atoms with Crippen molar-refractivity contribution in [1.82, 2.24) is 15.0 Å². The number of hydrogen-bond acceptors (Lipinski definition) is 9. The van der Waals surface area contributed by atoms with E-state index in [2.05, 4.69) is 44.3 Å². The van der Waals surface area contributed by atoms with Crippen molar-refractivity contribution in [1.29, 1.82) is 0 Å². The number of urea groups is 1. The Hall–Kier alpha value is -3.44. The van der Waals surface area contributed by atoms with Crippen molar-refractivity contribution in [2.75, 3.05) is 36.3 Å². The first-order valence-corrected chi connectivity index (χ1v) is 12.2. The number of aliphatic hydroxyl groups excluding tert-OH is 1. The van der Waals surface area contributed by atoms with E-state index >= 15 is 0 Å². The molecule has 1 aromatic carbocycles. The first kappa shape index (κ1) is 24.7. The number of carbonyl (C=O) groups is 1. The second-order valence-corrected chi connectivity index (χ2v) is 9.71. The molecule has 0 saturated heterocycles. The average Bonchev–Trinajstić information content (AvgIpc) is 3.24. The van der Waals surface area contributed by atoms with Crippen molar-refractivity contribution >= 4 is 34.0 Å². The summed E-state index contributed by atoms with van der Waals surface area (Å²) in [5.41, 5.74) is 2.24. The first-order valence-electron chi connectivity index (χ1n) is 11.4. The van der Waals surface area contributed by atoms with Crippen molar-refractivity contribution in [2.45, 2.75) is 39.3 Å². The van der Waals surface area contributed by atoms with Gasteiger partial charge in [-0.1, -0.05) is 43.4 Å². The molecule has 1 aliphatic rings. The van der Waals surface area contributed by atoms with E-state index in [0.717, 1.165) is 10.6 Å². The molecule has 0 saturated carbocycles. The third-order valence-corrected chi connectivity index (χ3v) is 6.60. The maximum absolute atomic E-state index is 12.7. The van der Waals surface area contributed by atoms with Crippen LogP contribution in [-0.4, -0.2) is 46.9 Å². The summed E-state index contributed by atoms with van der Waals surface area (Å²) in [6.07, 6.45) is 0.678. The van der Waals surface area contributed by atoms with E-state index < -0.39 is 12.1 Å². The zero-order valence-electron chi connectivity index (χ0n) is 20.2. The van der Waals surface area contributed by atoms with Crippen LogP contribution in [0.2, 0.25) is 0 Å². The van der Waals surface area contributed by atoms with E-state index in [4.69, 9.17) is 9.47 Å². The van der Waals surface area contributed by atoms with Gasteiger partial charge in [-0.05, 0) is 18.4 Å². The smallest absolute Gasteiger partial charge is 0.325 e. The van der Waals surface area contributed by atoms with Crippen molar-refractivity contribution in [3.8, 4) is 11.9 Å². The fourth-order valence-corrected chi connectivity index (χ4v) is 4.94. The maximum Gasteiger partial charge on any atom is 0.325 e. The molecule has 10 nitrogen and oxygen atoms in total. The highest BCUT2D eigenvalue weighted by atomic mass is 32.1. The lowest BCUT2D eigenvalue weighted by Crippen LogP contribution is -2.30. The number of benzene rings is 1. The zero-order chi connectivity index (χ0) is 24.9. The summed E-state index contributed by atoms with van der Waals surface area (Å²) in [6.45, 7) is 5.42. The molecule has 0 spiro atoms. The Kier molecular flexibility index (Phi) is 7.67. The predicted molar refractivity (Wildman–Crippen MR) is 136 cm³/mol. The number of ether oxygens (including phenoxy) is 2. The number of methoxy groups -OCH3 is 2. The van der Waals surface area contributed by atoms with Gasteiger partial charge < -0.3 is 24.8 Å². The molecule has 2 aromatic heterocycles. The highest BCUT2D eigenvalue weighted by molar-refractivity contribution is 7.15. The molecule has 4 rings (SSSR count). The van der Waals surface area contributed by atoms with E-state index in [1.807, 2.05) is 18.2 Å². The van der Waals surface area contributed by atoms with Gasteiger partial charge in [0.05, 0.1) is 32.6 Å². The molecule has 1 aliphatic heterocycles. The summed E-state index contributed by atoms with van der Waals surface area (Å²) in [4.78, 5) is 29.1. The lowest BCUT2D eigenvalue weighted by atomic mass is 9.98. The van der Waals surface area contributed by atoms with E-state index in [0.29, 0.717) is 59.9 Å². The number of rotatable bonds is 8. The van der Waals surface area contributed by atoms with Gasteiger partial charge in [0.2, 0.25) is 5.88 Å². The van der Waals surface area contributed by atoms with Gasteiger partial charge in [0.15, 0.2) is 5.13 Å². The second kappa shape index (κ2) is 10.9. The molecule has 1 unspecified atom stereocenters. The second-order valence-electron chi connectivity index (χ2n) is 8.63. The molecule has 0 aliphatic carbocycles. The lowest BCUT2D eigenvalue weighted by molar-refractivity contribution is 0.151.